The van der Waals surface area contributed by atoms with Crippen molar-refractivity contribution in [2.24, 2.45) is 0 Å². The largest absolute Gasteiger partial charge is 0.480 e. The van der Waals surface area contributed by atoms with Gasteiger partial charge in [-0.3, -0.25) is 4.79 Å². The Hall–Kier alpha value is -0.710. The lowest BCUT2D eigenvalue weighted by Gasteiger charge is -2.31. The summed E-state index contributed by atoms with van der Waals surface area (Å²) in [6.07, 6.45) is 0. The number of carboxylic acid groups (broad SMARTS) is 1. The first-order valence-corrected chi connectivity index (χ1v) is 4.60. The van der Waals surface area contributed by atoms with Gasteiger partial charge in [-0.05, 0) is 13.8 Å². The molecule has 0 bridgehead atoms. The van der Waals surface area contributed by atoms with Gasteiger partial charge in [-0.15, -0.1) is 11.8 Å². The Labute approximate surface area is 74.7 Å². The van der Waals surface area contributed by atoms with Gasteiger partial charge in [0.05, 0.1) is 4.75 Å². The summed E-state index contributed by atoms with van der Waals surface area (Å²) in [4.78, 5) is 21.7. The molecule has 1 saturated heterocycles. The number of hydrogen-bond acceptors (Lipinski definition) is 3. The second kappa shape index (κ2) is 2.97. The van der Waals surface area contributed by atoms with Crippen molar-refractivity contribution in [3.05, 3.63) is 0 Å². The Kier molecular flexibility index (Phi) is 2.32. The van der Waals surface area contributed by atoms with E-state index in [1.54, 1.807) is 13.8 Å². The Morgan fingerprint density at radius 1 is 1.75 bits per heavy atom. The van der Waals surface area contributed by atoms with Crippen LogP contribution in [0.3, 0.4) is 0 Å². The number of nitrogens with one attached hydrogen (secondary N) is 1. The van der Waals surface area contributed by atoms with Crippen molar-refractivity contribution in [3.8, 4) is 0 Å². The molecular formula is C7H11NO3S. The van der Waals surface area contributed by atoms with Crippen molar-refractivity contribution >= 4 is 23.6 Å². The van der Waals surface area contributed by atoms with Crippen LogP contribution < -0.4 is 5.32 Å². The van der Waals surface area contributed by atoms with Crippen molar-refractivity contribution in [2.75, 3.05) is 5.75 Å². The molecule has 5 heteroatoms. The average molecular weight is 189 g/mol. The summed E-state index contributed by atoms with van der Waals surface area (Å²) in [7, 11) is 0. The summed E-state index contributed by atoms with van der Waals surface area (Å²) < 4.78 is -0.494. The highest BCUT2D eigenvalue weighted by Crippen LogP contribution is 2.28. The Bertz CT molecular complexity index is 227. The maximum absolute atomic E-state index is 11.2. The molecule has 0 saturated carbocycles. The fraction of sp³-hybridized carbons (Fsp3) is 0.714. The molecule has 0 aromatic carbocycles. The van der Waals surface area contributed by atoms with Crippen LogP contribution in [-0.4, -0.2) is 33.5 Å². The van der Waals surface area contributed by atoms with Crippen molar-refractivity contribution < 1.29 is 14.7 Å². The molecule has 1 aliphatic heterocycles. The number of aliphatic carboxylic acids is 1. The van der Waals surface area contributed by atoms with E-state index in [1.165, 1.54) is 11.8 Å². The third kappa shape index (κ3) is 1.72. The van der Waals surface area contributed by atoms with Crippen LogP contribution in [0.4, 0.5) is 0 Å². The van der Waals surface area contributed by atoms with Crippen molar-refractivity contribution in [2.45, 2.75) is 24.6 Å². The Balaban J connectivity index is 2.64. The zero-order chi connectivity index (χ0) is 9.35. The van der Waals surface area contributed by atoms with Gasteiger partial charge in [0.1, 0.15) is 6.04 Å². The molecule has 1 rings (SSSR count). The number of hydrogen-bond donors (Lipinski definition) is 2. The number of rotatable bonds is 1. The van der Waals surface area contributed by atoms with Crippen LogP contribution in [0.5, 0.6) is 0 Å². The molecular weight excluding hydrogens is 178 g/mol. The van der Waals surface area contributed by atoms with Crippen LogP contribution >= 0.6 is 11.8 Å². The summed E-state index contributed by atoms with van der Waals surface area (Å²) in [6, 6.07) is -0.726. The first-order valence-electron chi connectivity index (χ1n) is 3.61. The van der Waals surface area contributed by atoms with Gasteiger partial charge in [-0.25, -0.2) is 4.79 Å². The highest BCUT2D eigenvalue weighted by molar-refractivity contribution is 8.01. The summed E-state index contributed by atoms with van der Waals surface area (Å²) in [5, 5.41) is 11.0. The quantitative estimate of drug-likeness (QED) is 0.613. The third-order valence-electron chi connectivity index (χ3n) is 1.76. The molecule has 0 spiro atoms. The third-order valence-corrected chi connectivity index (χ3v) is 3.17. The van der Waals surface area contributed by atoms with Crippen LogP contribution in [-0.2, 0) is 9.59 Å². The number of carboxylic acids is 1. The smallest absolute Gasteiger partial charge is 0.327 e. The summed E-state index contributed by atoms with van der Waals surface area (Å²) >= 11 is 1.37. The topological polar surface area (TPSA) is 66.4 Å². The van der Waals surface area contributed by atoms with Gasteiger partial charge in [-0.2, -0.15) is 0 Å². The molecule has 0 aromatic rings. The molecule has 0 aromatic heterocycles. The van der Waals surface area contributed by atoms with Gasteiger partial charge >= 0.3 is 5.97 Å². The van der Waals surface area contributed by atoms with Crippen LogP contribution in [0.1, 0.15) is 13.8 Å². The Morgan fingerprint density at radius 2 is 2.33 bits per heavy atom. The number of thioether (sulfide) groups is 1. The Morgan fingerprint density at radius 3 is 2.75 bits per heavy atom. The molecule has 1 heterocycles. The molecule has 1 amide bonds. The molecule has 12 heavy (non-hydrogen) atoms. The normalized spacial score (nSPS) is 27.8. The number of carbonyl (C=O) groups excluding carboxylic acids is 1. The lowest BCUT2D eigenvalue weighted by Crippen LogP contribution is -2.54. The lowest BCUT2D eigenvalue weighted by molar-refractivity contribution is -0.141. The molecule has 1 atom stereocenters. The first-order chi connectivity index (χ1) is 5.43. The minimum atomic E-state index is -0.966. The first kappa shape index (κ1) is 9.38. The van der Waals surface area contributed by atoms with Crippen LogP contribution in [0, 0.1) is 0 Å². The van der Waals surface area contributed by atoms with Gasteiger partial charge in [0, 0.05) is 5.75 Å². The van der Waals surface area contributed by atoms with Gasteiger partial charge in [0.15, 0.2) is 0 Å². The lowest BCUT2D eigenvalue weighted by atomic mass is 10.1. The summed E-state index contributed by atoms with van der Waals surface area (Å²) in [6.45, 7) is 3.57. The zero-order valence-corrected chi connectivity index (χ0v) is 7.77. The fourth-order valence-electron chi connectivity index (χ4n) is 0.864. The SMILES string of the molecule is CC1(C)SC[C@@H](C(=O)O)NC1=O. The maximum atomic E-state index is 11.2. The van der Waals surface area contributed by atoms with Crippen LogP contribution in [0.2, 0.25) is 0 Å². The maximum Gasteiger partial charge on any atom is 0.327 e. The molecule has 0 aliphatic carbocycles. The van der Waals surface area contributed by atoms with Gasteiger partial charge in [0.25, 0.3) is 0 Å². The molecule has 68 valence electrons. The van der Waals surface area contributed by atoms with E-state index in [0.29, 0.717) is 5.75 Å². The van der Waals surface area contributed by atoms with Crippen molar-refractivity contribution in [3.63, 3.8) is 0 Å². The molecule has 2 N–H and O–H groups in total. The van der Waals surface area contributed by atoms with Crippen molar-refractivity contribution in [1.29, 1.82) is 0 Å². The van der Waals surface area contributed by atoms with E-state index < -0.39 is 16.8 Å². The number of amides is 1. The zero-order valence-electron chi connectivity index (χ0n) is 6.96. The summed E-state index contributed by atoms with van der Waals surface area (Å²) in [5.74, 6) is -0.730. The monoisotopic (exact) mass is 189 g/mol. The van der Waals surface area contributed by atoms with E-state index >= 15 is 0 Å². The number of carbonyl (C=O) groups is 2. The van der Waals surface area contributed by atoms with Crippen LogP contribution in [0.25, 0.3) is 0 Å². The van der Waals surface area contributed by atoms with E-state index in [-0.39, 0.29) is 5.91 Å². The standard InChI is InChI=1S/C7H11NO3S/c1-7(2)6(11)8-4(3-12-7)5(9)10/h4H,3H2,1-2H3,(H,8,11)(H,9,10)/t4-/m0/s1. The van der Waals surface area contributed by atoms with Gasteiger partial charge in [-0.1, -0.05) is 0 Å². The highest BCUT2D eigenvalue weighted by atomic mass is 32.2. The molecule has 1 aliphatic rings. The van der Waals surface area contributed by atoms with Crippen molar-refractivity contribution in [1.82, 2.24) is 5.32 Å². The van der Waals surface area contributed by atoms with E-state index in [9.17, 15) is 9.59 Å². The van der Waals surface area contributed by atoms with E-state index in [0.717, 1.165) is 0 Å². The average Bonchev–Trinajstić information content (AvgIpc) is 1.94. The molecule has 0 unspecified atom stereocenters. The highest BCUT2D eigenvalue weighted by Gasteiger charge is 2.37. The second-order valence-electron chi connectivity index (χ2n) is 3.19. The molecule has 0 radical (unpaired) electrons. The minimum Gasteiger partial charge on any atom is -0.480 e. The van der Waals surface area contributed by atoms with E-state index in [4.69, 9.17) is 5.11 Å². The van der Waals surface area contributed by atoms with E-state index in [2.05, 4.69) is 5.32 Å². The summed E-state index contributed by atoms with van der Waals surface area (Å²) in [5.41, 5.74) is 0. The fourth-order valence-corrected chi connectivity index (χ4v) is 1.86. The van der Waals surface area contributed by atoms with Gasteiger partial charge in [0.2, 0.25) is 5.91 Å². The van der Waals surface area contributed by atoms with E-state index in [1.807, 2.05) is 0 Å². The predicted octanol–water partition coefficient (Wildman–Crippen LogP) is 0.0812. The molecule has 1 fully saturated rings. The second-order valence-corrected chi connectivity index (χ2v) is 4.83. The minimum absolute atomic E-state index is 0.203. The predicted molar refractivity (Wildman–Crippen MR) is 46.1 cm³/mol. The van der Waals surface area contributed by atoms with Gasteiger partial charge < -0.3 is 10.4 Å². The van der Waals surface area contributed by atoms with Crippen LogP contribution in [0.15, 0.2) is 0 Å². The molecule has 4 nitrogen and oxygen atoms in total.